The monoisotopic (exact) mass is 487 g/mol. The van der Waals surface area contributed by atoms with E-state index in [1.165, 1.54) is 0 Å². The van der Waals surface area contributed by atoms with Gasteiger partial charge in [0, 0.05) is 19.5 Å². The molecule has 14 heteroatoms. The molecule has 0 spiro atoms. The first-order chi connectivity index (χ1) is 14.1. The van der Waals surface area contributed by atoms with E-state index in [1.54, 1.807) is 0 Å². The van der Waals surface area contributed by atoms with Crippen molar-refractivity contribution >= 4 is 24.5 Å². The molecular weight excluding hydrogens is 466 g/mol. The van der Waals surface area contributed by atoms with Crippen LogP contribution in [0.3, 0.4) is 0 Å². The van der Waals surface area contributed by atoms with Crippen molar-refractivity contribution in [3.8, 4) is 0 Å². The smallest absolute Gasteiger partial charge is 0.410 e. The lowest BCUT2D eigenvalue weighted by atomic mass is 10.1. The van der Waals surface area contributed by atoms with Gasteiger partial charge in [-0.3, -0.25) is 4.79 Å². The van der Waals surface area contributed by atoms with Crippen LogP contribution in [0.25, 0.3) is 0 Å². The molecule has 0 bridgehead atoms. The molecule has 0 N–H and O–H groups in total. The van der Waals surface area contributed by atoms with E-state index in [0.29, 0.717) is 19.3 Å². The largest absolute Gasteiger partial charge is 0.466 e. The first kappa shape index (κ1) is 27.5. The summed E-state index contributed by atoms with van der Waals surface area (Å²) in [6.45, 7) is 1.19. The van der Waals surface area contributed by atoms with Crippen LogP contribution in [-0.2, 0) is 19.1 Å². The number of carbonyl (C=O) groups is 2. The van der Waals surface area contributed by atoms with E-state index >= 15 is 0 Å². The highest BCUT2D eigenvalue weighted by atomic mass is 32.1. The van der Waals surface area contributed by atoms with Gasteiger partial charge in [-0.1, -0.05) is 19.2 Å². The zero-order valence-electron chi connectivity index (χ0n) is 16.1. The SMILES string of the molecule is C=C(F)C(=O)OC(OCCCCC(F)(F)C(F)(F)S)(C(=O)N1CCCCC1)C(F)(F)F. The van der Waals surface area contributed by atoms with Gasteiger partial charge in [-0.2, -0.15) is 35.1 Å². The summed E-state index contributed by atoms with van der Waals surface area (Å²) in [4.78, 5) is 24.8. The molecule has 1 saturated heterocycles. The molecule has 1 rings (SSSR count). The van der Waals surface area contributed by atoms with Crippen LogP contribution in [0.2, 0.25) is 0 Å². The van der Waals surface area contributed by atoms with Crippen molar-refractivity contribution < 1.29 is 54.2 Å². The number of hydrogen-bond donors (Lipinski definition) is 1. The van der Waals surface area contributed by atoms with Crippen molar-refractivity contribution in [2.75, 3.05) is 19.7 Å². The molecule has 31 heavy (non-hydrogen) atoms. The number of halogens is 8. The number of thiol groups is 1. The number of rotatable bonds is 10. The summed E-state index contributed by atoms with van der Waals surface area (Å²) in [5.74, 6) is -14.7. The quantitative estimate of drug-likeness (QED) is 0.122. The maximum absolute atomic E-state index is 13.8. The summed E-state index contributed by atoms with van der Waals surface area (Å²) in [7, 11) is 0. The minimum Gasteiger partial charge on any atom is -0.410 e. The summed E-state index contributed by atoms with van der Waals surface area (Å²) in [6, 6.07) is 0. The highest BCUT2D eigenvalue weighted by Crippen LogP contribution is 2.41. The zero-order chi connectivity index (χ0) is 24.1. The van der Waals surface area contributed by atoms with Crippen molar-refractivity contribution in [3.63, 3.8) is 0 Å². The lowest BCUT2D eigenvalue weighted by Crippen LogP contribution is -2.63. The van der Waals surface area contributed by atoms with Gasteiger partial charge in [0.1, 0.15) is 0 Å². The molecule has 1 aliphatic heterocycles. The molecule has 0 aromatic rings. The predicted octanol–water partition coefficient (Wildman–Crippen LogP) is 4.63. The minimum atomic E-state index is -5.67. The Morgan fingerprint density at radius 1 is 0.968 bits per heavy atom. The molecule has 0 radical (unpaired) electrons. The highest BCUT2D eigenvalue weighted by Gasteiger charge is 2.67. The Balaban J connectivity index is 3.01. The average molecular weight is 487 g/mol. The van der Waals surface area contributed by atoms with Crippen molar-refractivity contribution in [1.29, 1.82) is 0 Å². The number of hydrogen-bond acceptors (Lipinski definition) is 5. The van der Waals surface area contributed by atoms with Crippen LogP contribution in [0.4, 0.5) is 35.1 Å². The molecule has 1 fully saturated rings. The molecule has 1 amide bonds. The van der Waals surface area contributed by atoms with E-state index in [-0.39, 0.29) is 13.1 Å². The van der Waals surface area contributed by atoms with Crippen LogP contribution in [0.15, 0.2) is 12.4 Å². The molecule has 0 aromatic carbocycles. The third kappa shape index (κ3) is 6.96. The molecule has 0 aliphatic carbocycles. The van der Waals surface area contributed by atoms with Gasteiger partial charge >= 0.3 is 35.0 Å². The van der Waals surface area contributed by atoms with Crippen molar-refractivity contribution in [2.45, 2.75) is 61.7 Å². The second-order valence-corrected chi connectivity index (χ2v) is 7.37. The molecular formula is C17H21F8NO4S. The van der Waals surface area contributed by atoms with E-state index in [4.69, 9.17) is 0 Å². The van der Waals surface area contributed by atoms with Crippen molar-refractivity contribution in [1.82, 2.24) is 4.90 Å². The van der Waals surface area contributed by atoms with E-state index in [1.807, 2.05) is 0 Å². The van der Waals surface area contributed by atoms with Crippen LogP contribution >= 0.6 is 12.6 Å². The number of carbonyl (C=O) groups excluding carboxylic acids is 2. The van der Waals surface area contributed by atoms with E-state index < -0.39 is 66.7 Å². The maximum Gasteiger partial charge on any atom is 0.466 e. The van der Waals surface area contributed by atoms with Gasteiger partial charge in [-0.15, -0.1) is 0 Å². The van der Waals surface area contributed by atoms with E-state index in [2.05, 4.69) is 28.7 Å². The van der Waals surface area contributed by atoms with Gasteiger partial charge in [0.2, 0.25) is 5.83 Å². The third-order valence-corrected chi connectivity index (χ3v) is 4.71. The lowest BCUT2D eigenvalue weighted by molar-refractivity contribution is -0.351. The maximum atomic E-state index is 13.8. The Kier molecular flexibility index (Phi) is 9.18. The summed E-state index contributed by atoms with van der Waals surface area (Å²) >= 11 is 2.47. The molecule has 180 valence electrons. The average Bonchev–Trinajstić information content (AvgIpc) is 2.64. The second kappa shape index (κ2) is 10.4. The predicted molar refractivity (Wildman–Crippen MR) is 94.2 cm³/mol. The fraction of sp³-hybridized carbons (Fsp3) is 0.765. The van der Waals surface area contributed by atoms with Crippen LogP contribution in [0.1, 0.15) is 38.5 Å². The molecule has 1 heterocycles. The molecule has 1 unspecified atom stereocenters. The molecule has 5 nitrogen and oxygen atoms in total. The summed E-state index contributed by atoms with van der Waals surface area (Å²) in [5.41, 5.74) is 0. The molecule has 1 atom stereocenters. The standard InChI is InChI=1S/C17H21F8NO4S/c1-11(18)12(27)30-15(16(21,22)23,13(28)26-8-4-2-5-9-26)29-10-6-3-7-14(19,20)17(24,25)31/h31H,1-10H2. The topological polar surface area (TPSA) is 55.8 Å². The Labute approximate surface area is 178 Å². The fourth-order valence-corrected chi connectivity index (χ4v) is 2.81. The van der Waals surface area contributed by atoms with Gasteiger partial charge in [0.25, 0.3) is 0 Å². The van der Waals surface area contributed by atoms with Gasteiger partial charge in [-0.05, 0) is 32.1 Å². The first-order valence-corrected chi connectivity index (χ1v) is 9.56. The number of ether oxygens (including phenoxy) is 2. The number of likely N-dealkylation sites (tertiary alicyclic amines) is 1. The van der Waals surface area contributed by atoms with Crippen LogP contribution in [-0.4, -0.2) is 59.6 Å². The third-order valence-electron chi connectivity index (χ3n) is 4.39. The highest BCUT2D eigenvalue weighted by molar-refractivity contribution is 7.81. The second-order valence-electron chi connectivity index (χ2n) is 6.81. The van der Waals surface area contributed by atoms with Crippen LogP contribution in [0, 0.1) is 0 Å². The van der Waals surface area contributed by atoms with Crippen molar-refractivity contribution in [2.24, 2.45) is 0 Å². The lowest BCUT2D eigenvalue weighted by Gasteiger charge is -2.38. The Morgan fingerprint density at radius 3 is 1.97 bits per heavy atom. The van der Waals surface area contributed by atoms with E-state index in [0.717, 1.165) is 4.90 Å². The van der Waals surface area contributed by atoms with Crippen LogP contribution in [0.5, 0.6) is 0 Å². The number of piperidine rings is 1. The summed E-state index contributed by atoms with van der Waals surface area (Å²) < 4.78 is 115. The van der Waals surface area contributed by atoms with Crippen molar-refractivity contribution in [3.05, 3.63) is 12.4 Å². The number of esters is 1. The van der Waals surface area contributed by atoms with Crippen LogP contribution < -0.4 is 0 Å². The number of nitrogens with zero attached hydrogens (tertiary/aromatic N) is 1. The van der Waals surface area contributed by atoms with Gasteiger partial charge in [-0.25, -0.2) is 4.79 Å². The van der Waals surface area contributed by atoms with Gasteiger partial charge < -0.3 is 14.4 Å². The first-order valence-electron chi connectivity index (χ1n) is 9.11. The summed E-state index contributed by atoms with van der Waals surface area (Å²) in [6.07, 6.45) is -7.14. The number of alkyl halides is 7. The van der Waals surface area contributed by atoms with Gasteiger partial charge in [0.05, 0.1) is 6.61 Å². The van der Waals surface area contributed by atoms with E-state index in [9.17, 15) is 44.7 Å². The Morgan fingerprint density at radius 2 is 1.52 bits per heavy atom. The Hall–Kier alpha value is -1.57. The molecule has 0 saturated carbocycles. The Bertz CT molecular complexity index is 661. The minimum absolute atomic E-state index is 0.114. The molecule has 1 aliphatic rings. The number of unbranched alkanes of at least 4 members (excludes halogenated alkanes) is 1. The number of amides is 1. The summed E-state index contributed by atoms with van der Waals surface area (Å²) in [5, 5.41) is -4.65. The fourth-order valence-electron chi connectivity index (χ4n) is 2.70. The van der Waals surface area contributed by atoms with Gasteiger partial charge in [0.15, 0.2) is 0 Å². The molecule has 0 aromatic heterocycles. The zero-order valence-corrected chi connectivity index (χ0v) is 17.0. The normalized spacial score (nSPS) is 17.8.